The van der Waals surface area contributed by atoms with E-state index in [-0.39, 0.29) is 17.7 Å². The van der Waals surface area contributed by atoms with Gasteiger partial charge in [-0.1, -0.05) is 35.3 Å². The first kappa shape index (κ1) is 24.8. The van der Waals surface area contributed by atoms with Crippen LogP contribution in [0.3, 0.4) is 0 Å². The van der Waals surface area contributed by atoms with E-state index in [1.54, 1.807) is 24.3 Å². The predicted octanol–water partition coefficient (Wildman–Crippen LogP) is 6.96. The van der Waals surface area contributed by atoms with Crippen molar-refractivity contribution >= 4 is 28.9 Å². The van der Waals surface area contributed by atoms with Gasteiger partial charge in [0.05, 0.1) is 10.7 Å². The third-order valence-electron chi connectivity index (χ3n) is 5.94. The summed E-state index contributed by atoms with van der Waals surface area (Å²) < 4.78 is 68.7. The van der Waals surface area contributed by atoms with Crippen LogP contribution in [0.2, 0.25) is 10.0 Å². The van der Waals surface area contributed by atoms with E-state index in [4.69, 9.17) is 23.2 Å². The van der Waals surface area contributed by atoms with E-state index in [1.807, 2.05) is 6.07 Å². The Kier molecular flexibility index (Phi) is 7.40. The summed E-state index contributed by atoms with van der Waals surface area (Å²) in [5.74, 6) is -2.17. The molecule has 1 saturated heterocycles. The molecule has 182 valence electrons. The molecular weight excluding hydrogens is 498 g/mol. The fraction of sp³-hybridized carbons (Fsp3) is 0.333. The molecule has 34 heavy (non-hydrogen) atoms. The molecule has 1 aliphatic carbocycles. The zero-order chi connectivity index (χ0) is 24.5. The summed E-state index contributed by atoms with van der Waals surface area (Å²) in [7, 11) is 0. The Morgan fingerprint density at radius 1 is 1.00 bits per heavy atom. The lowest BCUT2D eigenvalue weighted by atomic mass is 9.89. The van der Waals surface area contributed by atoms with Gasteiger partial charge in [0.1, 0.15) is 5.76 Å². The number of rotatable bonds is 5. The molecule has 4 rings (SSSR count). The molecule has 0 spiro atoms. The van der Waals surface area contributed by atoms with Crippen molar-refractivity contribution in [1.82, 2.24) is 4.90 Å². The van der Waals surface area contributed by atoms with E-state index in [0.29, 0.717) is 48.2 Å². The molecule has 2 unspecified atom stereocenters. The molecule has 2 aromatic carbocycles. The molecule has 0 radical (unpaired) electrons. The minimum atomic E-state index is -4.75. The number of ether oxygens (including phenoxy) is 1. The summed E-state index contributed by atoms with van der Waals surface area (Å²) in [6, 6.07) is 8.88. The van der Waals surface area contributed by atoms with Crippen LogP contribution in [0.25, 0.3) is 0 Å². The smallest absolute Gasteiger partial charge is 0.406 e. The maximum absolute atomic E-state index is 13.7. The second kappa shape index (κ2) is 10.1. The highest BCUT2D eigenvalue weighted by Gasteiger charge is 2.36. The van der Waals surface area contributed by atoms with E-state index < -0.39 is 18.0 Å². The van der Waals surface area contributed by atoms with Crippen LogP contribution in [0.15, 0.2) is 60.4 Å². The number of allylic oxidation sites excluding steroid dienone is 2. The highest BCUT2D eigenvalue weighted by Crippen LogP contribution is 2.36. The van der Waals surface area contributed by atoms with E-state index in [0.717, 1.165) is 11.8 Å². The van der Waals surface area contributed by atoms with Gasteiger partial charge in [0, 0.05) is 43.2 Å². The van der Waals surface area contributed by atoms with Gasteiger partial charge in [-0.05, 0) is 54.5 Å². The van der Waals surface area contributed by atoms with Crippen molar-refractivity contribution in [3.63, 3.8) is 0 Å². The van der Waals surface area contributed by atoms with Crippen LogP contribution >= 0.6 is 23.2 Å². The van der Waals surface area contributed by atoms with E-state index in [1.165, 1.54) is 18.2 Å². The van der Waals surface area contributed by atoms with E-state index in [9.17, 15) is 22.0 Å². The zero-order valence-electron chi connectivity index (χ0n) is 17.8. The first-order valence-electron chi connectivity index (χ1n) is 10.6. The Morgan fingerprint density at radius 3 is 2.44 bits per heavy atom. The average molecular weight is 519 g/mol. The number of hydrogen-bond acceptors (Lipinski definition) is 3. The lowest BCUT2D eigenvalue weighted by Crippen LogP contribution is -2.55. The second-order valence-electron chi connectivity index (χ2n) is 8.25. The van der Waals surface area contributed by atoms with Crippen LogP contribution in [-0.4, -0.2) is 36.9 Å². The van der Waals surface area contributed by atoms with Crippen molar-refractivity contribution in [1.29, 1.82) is 0 Å². The topological polar surface area (TPSA) is 15.7 Å². The number of piperazine rings is 1. The molecule has 1 heterocycles. The number of anilines is 1. The summed E-state index contributed by atoms with van der Waals surface area (Å²) in [4.78, 5) is 4.23. The van der Waals surface area contributed by atoms with Crippen LogP contribution in [0.4, 0.5) is 27.6 Å². The van der Waals surface area contributed by atoms with Crippen LogP contribution < -0.4 is 4.90 Å². The SMILES string of the molecule is Fc1ccc(CN2CCN(c3ccc(Cl)cc3Cl)C(C3C=CC(OC(F)(F)F)=CC3)C2)cc1F. The number of nitrogens with zero attached hydrogens (tertiary/aromatic N) is 2. The van der Waals surface area contributed by atoms with Crippen molar-refractivity contribution in [2.45, 2.75) is 25.4 Å². The Bertz CT molecular complexity index is 1110. The maximum Gasteiger partial charge on any atom is 0.573 e. The zero-order valence-corrected chi connectivity index (χ0v) is 19.3. The molecule has 1 aliphatic heterocycles. The van der Waals surface area contributed by atoms with Gasteiger partial charge < -0.3 is 9.64 Å². The van der Waals surface area contributed by atoms with Gasteiger partial charge >= 0.3 is 6.36 Å². The molecule has 10 heteroatoms. The highest BCUT2D eigenvalue weighted by molar-refractivity contribution is 6.36. The van der Waals surface area contributed by atoms with E-state index >= 15 is 0 Å². The molecule has 0 aromatic heterocycles. The standard InChI is InChI=1S/C24H21Cl2F5N2O/c25-17-4-8-22(19(26)12-17)33-10-9-32(13-15-1-7-20(27)21(28)11-15)14-23(33)16-2-5-18(6-3-16)34-24(29,30)31/h1-2,4-8,11-12,16,23H,3,9-10,13-14H2. The van der Waals surface area contributed by atoms with Crippen LogP contribution in [0, 0.1) is 17.6 Å². The third-order valence-corrected chi connectivity index (χ3v) is 6.48. The number of halogens is 7. The number of benzene rings is 2. The Balaban J connectivity index is 1.56. The van der Waals surface area contributed by atoms with Gasteiger partial charge in [-0.2, -0.15) is 0 Å². The van der Waals surface area contributed by atoms with Gasteiger partial charge in [-0.3, -0.25) is 4.90 Å². The maximum atomic E-state index is 13.7. The first-order chi connectivity index (χ1) is 16.1. The van der Waals surface area contributed by atoms with Crippen LogP contribution in [0.5, 0.6) is 0 Å². The average Bonchev–Trinajstić information content (AvgIpc) is 2.76. The second-order valence-corrected chi connectivity index (χ2v) is 9.10. The minimum absolute atomic E-state index is 0.125. The van der Waals surface area contributed by atoms with Crippen molar-refractivity contribution in [3.05, 3.63) is 87.6 Å². The highest BCUT2D eigenvalue weighted by atomic mass is 35.5. The summed E-state index contributed by atoms with van der Waals surface area (Å²) in [5.41, 5.74) is 1.41. The van der Waals surface area contributed by atoms with Crippen LogP contribution in [-0.2, 0) is 11.3 Å². The first-order valence-corrected chi connectivity index (χ1v) is 11.4. The molecule has 3 nitrogen and oxygen atoms in total. The van der Waals surface area contributed by atoms with Gasteiger partial charge in [-0.25, -0.2) is 8.78 Å². The summed E-state index contributed by atoms with van der Waals surface area (Å²) in [6.07, 6.45) is 0.0561. The van der Waals surface area contributed by atoms with Gasteiger partial charge in [0.2, 0.25) is 0 Å². The Morgan fingerprint density at radius 2 is 1.79 bits per heavy atom. The molecular formula is C24H21Cl2F5N2O. The fourth-order valence-electron chi connectivity index (χ4n) is 4.40. The molecule has 0 bridgehead atoms. The van der Waals surface area contributed by atoms with E-state index in [2.05, 4.69) is 14.5 Å². The summed E-state index contributed by atoms with van der Waals surface area (Å²) in [5, 5.41) is 0.972. The molecule has 2 aromatic rings. The largest absolute Gasteiger partial charge is 0.573 e. The number of alkyl halides is 3. The van der Waals surface area contributed by atoms with Gasteiger partial charge in [0.25, 0.3) is 0 Å². The fourth-order valence-corrected chi connectivity index (χ4v) is 4.92. The van der Waals surface area contributed by atoms with Crippen molar-refractivity contribution in [3.8, 4) is 0 Å². The number of hydrogen-bond donors (Lipinski definition) is 0. The van der Waals surface area contributed by atoms with Gasteiger partial charge in [0.15, 0.2) is 11.6 Å². The van der Waals surface area contributed by atoms with Gasteiger partial charge in [-0.15, -0.1) is 13.2 Å². The van der Waals surface area contributed by atoms with Crippen molar-refractivity contribution in [2.24, 2.45) is 5.92 Å². The monoisotopic (exact) mass is 518 g/mol. The Hall–Kier alpha value is -2.29. The lowest BCUT2D eigenvalue weighted by molar-refractivity contribution is -0.303. The van der Waals surface area contributed by atoms with Crippen molar-refractivity contribution < 1.29 is 26.7 Å². The molecule has 0 saturated carbocycles. The molecule has 2 aliphatic rings. The molecule has 0 N–H and O–H groups in total. The van der Waals surface area contributed by atoms with Crippen LogP contribution in [0.1, 0.15) is 12.0 Å². The molecule has 1 fully saturated rings. The summed E-state index contributed by atoms with van der Waals surface area (Å²) in [6.45, 7) is 2.15. The normalized spacial score (nSPS) is 21.5. The Labute approximate surface area is 204 Å². The van der Waals surface area contributed by atoms with Crippen molar-refractivity contribution in [2.75, 3.05) is 24.5 Å². The lowest BCUT2D eigenvalue weighted by Gasteiger charge is -2.46. The quantitative estimate of drug-likeness (QED) is 0.398. The summed E-state index contributed by atoms with van der Waals surface area (Å²) >= 11 is 12.5. The predicted molar refractivity (Wildman–Crippen MR) is 122 cm³/mol. The molecule has 2 atom stereocenters. The third kappa shape index (κ3) is 6.03. The minimum Gasteiger partial charge on any atom is -0.406 e. The molecule has 0 amide bonds.